The molecule has 26 heavy (non-hydrogen) atoms. The molecule has 2 aliphatic heterocycles. The molecule has 6 rings (SSSR count). The van der Waals surface area contributed by atoms with Crippen LogP contribution in [-0.2, 0) is 9.53 Å². The van der Waals surface area contributed by atoms with Crippen LogP contribution < -0.4 is 9.47 Å². The van der Waals surface area contributed by atoms with Crippen molar-refractivity contribution < 1.29 is 29.2 Å². The quantitative estimate of drug-likeness (QED) is 0.549. The molecule has 0 unspecified atom stereocenters. The van der Waals surface area contributed by atoms with E-state index in [9.17, 15) is 15.0 Å². The van der Waals surface area contributed by atoms with Crippen molar-refractivity contribution in [1.29, 1.82) is 0 Å². The molecule has 6 heteroatoms. The summed E-state index contributed by atoms with van der Waals surface area (Å²) in [5, 5.41) is 23.0. The molecule has 1 saturated heterocycles. The summed E-state index contributed by atoms with van der Waals surface area (Å²) >= 11 is 0. The highest BCUT2D eigenvalue weighted by Gasteiger charge is 2.91. The summed E-state index contributed by atoms with van der Waals surface area (Å²) in [7, 11) is 0. The van der Waals surface area contributed by atoms with E-state index in [2.05, 4.69) is 0 Å². The summed E-state index contributed by atoms with van der Waals surface area (Å²) in [5.41, 5.74) is -3.15. The van der Waals surface area contributed by atoms with E-state index in [0.29, 0.717) is 11.5 Å². The van der Waals surface area contributed by atoms with E-state index in [1.807, 2.05) is 36.4 Å². The monoisotopic (exact) mass is 350 g/mol. The van der Waals surface area contributed by atoms with Crippen LogP contribution in [0.1, 0.15) is 0 Å². The minimum Gasteiger partial charge on any atom is -0.445 e. The zero-order valence-electron chi connectivity index (χ0n) is 13.5. The van der Waals surface area contributed by atoms with Crippen LogP contribution in [0.5, 0.6) is 11.5 Å². The van der Waals surface area contributed by atoms with Crippen LogP contribution in [0.15, 0.2) is 60.7 Å². The molecule has 0 radical (unpaired) electrons. The first kappa shape index (κ1) is 14.5. The van der Waals surface area contributed by atoms with Gasteiger partial charge in [0.1, 0.15) is 23.7 Å². The van der Waals surface area contributed by atoms with E-state index in [0.717, 1.165) is 10.8 Å². The van der Waals surface area contributed by atoms with Gasteiger partial charge in [0.25, 0.3) is 0 Å². The fraction of sp³-hybridized carbons (Fsp3) is 0.250. The number of hydrogen-bond donors (Lipinski definition) is 2. The van der Waals surface area contributed by atoms with Gasteiger partial charge in [-0.2, -0.15) is 0 Å². The molecule has 2 N–H and O–H groups in total. The van der Waals surface area contributed by atoms with Gasteiger partial charge in [0.2, 0.25) is 11.2 Å². The zero-order chi connectivity index (χ0) is 17.7. The first-order chi connectivity index (χ1) is 12.5. The maximum Gasteiger partial charge on any atom is 0.307 e. The molecule has 2 aliphatic carbocycles. The lowest BCUT2D eigenvalue weighted by Gasteiger charge is -2.45. The Labute approximate surface area is 147 Å². The van der Waals surface area contributed by atoms with Gasteiger partial charge in [-0.25, -0.2) is 0 Å². The Morgan fingerprint density at radius 1 is 0.923 bits per heavy atom. The molecule has 0 bridgehead atoms. The SMILES string of the molecule is O=C1C=CC2(Oc3cccc4cccc(c34)O2)[C@]23O[C@]12[C@H](O)C=C[C@H]3O. The van der Waals surface area contributed by atoms with Gasteiger partial charge in [0, 0.05) is 6.08 Å². The van der Waals surface area contributed by atoms with Crippen LogP contribution in [0.25, 0.3) is 10.8 Å². The highest BCUT2D eigenvalue weighted by Crippen LogP contribution is 2.66. The predicted molar refractivity (Wildman–Crippen MR) is 89.8 cm³/mol. The summed E-state index contributed by atoms with van der Waals surface area (Å²) in [6, 6.07) is 11.2. The maximum atomic E-state index is 12.6. The Hall–Kier alpha value is -2.67. The molecular formula is C20H14O6. The molecule has 6 nitrogen and oxygen atoms in total. The number of rotatable bonds is 0. The van der Waals surface area contributed by atoms with Crippen molar-refractivity contribution in [2.75, 3.05) is 0 Å². The lowest BCUT2D eigenvalue weighted by Crippen LogP contribution is -2.68. The van der Waals surface area contributed by atoms with Crippen LogP contribution in [-0.4, -0.2) is 45.2 Å². The van der Waals surface area contributed by atoms with Gasteiger partial charge in [-0.05, 0) is 23.6 Å². The van der Waals surface area contributed by atoms with Gasteiger partial charge in [0.15, 0.2) is 5.78 Å². The molecule has 2 aromatic rings. The molecule has 0 amide bonds. The van der Waals surface area contributed by atoms with Crippen LogP contribution >= 0.6 is 0 Å². The third-order valence-electron chi connectivity index (χ3n) is 5.83. The fourth-order valence-electron chi connectivity index (χ4n) is 4.63. The summed E-state index contributed by atoms with van der Waals surface area (Å²) in [5.74, 6) is -0.839. The van der Waals surface area contributed by atoms with Gasteiger partial charge in [-0.15, -0.1) is 0 Å². The minimum atomic E-state index is -1.60. The van der Waals surface area contributed by atoms with E-state index in [1.54, 1.807) is 0 Å². The molecule has 2 aromatic carbocycles. The van der Waals surface area contributed by atoms with E-state index in [4.69, 9.17) is 14.2 Å². The van der Waals surface area contributed by atoms with E-state index < -0.39 is 35.0 Å². The zero-order valence-corrected chi connectivity index (χ0v) is 13.5. The van der Waals surface area contributed by atoms with Crippen LogP contribution in [0, 0.1) is 0 Å². The van der Waals surface area contributed by atoms with Gasteiger partial charge in [-0.3, -0.25) is 4.79 Å². The number of aliphatic hydroxyl groups is 2. The van der Waals surface area contributed by atoms with Gasteiger partial charge in [-0.1, -0.05) is 36.4 Å². The van der Waals surface area contributed by atoms with E-state index in [-0.39, 0.29) is 0 Å². The van der Waals surface area contributed by atoms with Gasteiger partial charge < -0.3 is 24.4 Å². The van der Waals surface area contributed by atoms with Crippen LogP contribution in [0.2, 0.25) is 0 Å². The third kappa shape index (κ3) is 1.30. The Morgan fingerprint density at radius 2 is 1.58 bits per heavy atom. The topological polar surface area (TPSA) is 88.5 Å². The first-order valence-corrected chi connectivity index (χ1v) is 8.42. The molecule has 4 aliphatic rings. The molecule has 0 aromatic heterocycles. The molecule has 4 atom stereocenters. The largest absolute Gasteiger partial charge is 0.445 e. The summed E-state index contributed by atoms with van der Waals surface area (Å²) < 4.78 is 18.3. The number of aliphatic hydroxyl groups excluding tert-OH is 2. The second-order valence-electron chi connectivity index (χ2n) is 7.03. The Bertz CT molecular complexity index is 1010. The Kier molecular flexibility index (Phi) is 2.33. The minimum absolute atomic E-state index is 0.414. The smallest absolute Gasteiger partial charge is 0.307 e. The van der Waals surface area contributed by atoms with Crippen molar-refractivity contribution in [3.63, 3.8) is 0 Å². The van der Waals surface area contributed by atoms with Crippen LogP contribution in [0.4, 0.5) is 0 Å². The van der Waals surface area contributed by atoms with Gasteiger partial charge in [0.05, 0.1) is 5.39 Å². The van der Waals surface area contributed by atoms with E-state index >= 15 is 0 Å². The second kappa shape index (κ2) is 4.17. The normalized spacial score (nSPS) is 37.7. The standard InChI is InChI=1S/C20H14O6/c21-14-7-8-16(23)20-18(10-9-15(22)19(14,20)26-20)24-12-5-1-3-11-4-2-6-13(25-18)17(11)12/h1-10,14,16,21,23H/t14-,16-,19-,20+/m1/s1. The van der Waals surface area contributed by atoms with Crippen molar-refractivity contribution in [3.8, 4) is 11.5 Å². The maximum absolute atomic E-state index is 12.6. The summed E-state index contributed by atoms with van der Waals surface area (Å²) in [6.45, 7) is 0. The summed E-state index contributed by atoms with van der Waals surface area (Å²) in [4.78, 5) is 12.6. The van der Waals surface area contributed by atoms with Crippen LogP contribution in [0.3, 0.4) is 0 Å². The molecule has 130 valence electrons. The van der Waals surface area contributed by atoms with E-state index in [1.165, 1.54) is 24.3 Å². The Balaban J connectivity index is 1.61. The molecular weight excluding hydrogens is 336 g/mol. The van der Waals surface area contributed by atoms with Crippen molar-refractivity contribution in [3.05, 3.63) is 60.7 Å². The number of hydrogen-bond acceptors (Lipinski definition) is 6. The molecule has 1 fully saturated rings. The third-order valence-corrected chi connectivity index (χ3v) is 5.83. The number of ketones is 1. The lowest BCUT2D eigenvalue weighted by atomic mass is 9.69. The average molecular weight is 350 g/mol. The lowest BCUT2D eigenvalue weighted by molar-refractivity contribution is -0.161. The second-order valence-corrected chi connectivity index (χ2v) is 7.03. The average Bonchev–Trinajstić information content (AvgIpc) is 3.39. The highest BCUT2D eigenvalue weighted by molar-refractivity contribution is 6.04. The fourth-order valence-corrected chi connectivity index (χ4v) is 4.63. The van der Waals surface area contributed by atoms with Gasteiger partial charge >= 0.3 is 5.79 Å². The predicted octanol–water partition coefficient (Wildman–Crippen LogP) is 1.25. The molecule has 2 heterocycles. The highest BCUT2D eigenvalue weighted by atomic mass is 16.8. The molecule has 1 spiro atoms. The van der Waals surface area contributed by atoms with Crippen molar-refractivity contribution in [2.24, 2.45) is 0 Å². The first-order valence-electron chi connectivity index (χ1n) is 8.42. The number of carbonyl (C=O) groups excluding carboxylic acids is 1. The number of benzene rings is 2. The van der Waals surface area contributed by atoms with Crippen molar-refractivity contribution >= 4 is 16.6 Å². The number of carbonyl (C=O) groups is 1. The number of epoxide rings is 1. The van der Waals surface area contributed by atoms with Crippen molar-refractivity contribution in [2.45, 2.75) is 29.2 Å². The molecule has 0 saturated carbocycles. The number of ether oxygens (including phenoxy) is 3. The Morgan fingerprint density at radius 3 is 2.27 bits per heavy atom. The summed E-state index contributed by atoms with van der Waals surface area (Å²) in [6.07, 6.45) is 3.19. The van der Waals surface area contributed by atoms with Crippen molar-refractivity contribution in [1.82, 2.24) is 0 Å².